The first kappa shape index (κ1) is 20.2. The number of hydrogen-bond acceptors (Lipinski definition) is 8. The first-order chi connectivity index (χ1) is 14.3. The summed E-state index contributed by atoms with van der Waals surface area (Å²) < 4.78 is 11.2. The Labute approximate surface area is 172 Å². The van der Waals surface area contributed by atoms with E-state index in [0.29, 0.717) is 30.2 Å². The Balaban J connectivity index is 1.65. The normalized spacial score (nSPS) is 16.2. The lowest BCUT2D eigenvalue weighted by molar-refractivity contribution is -0.115. The summed E-state index contributed by atoms with van der Waals surface area (Å²) in [6.07, 6.45) is 0.274. The monoisotopic (exact) mass is 412 g/mol. The van der Waals surface area contributed by atoms with Gasteiger partial charge in [0.1, 0.15) is 28.6 Å². The van der Waals surface area contributed by atoms with E-state index in [1.54, 1.807) is 18.2 Å². The fourth-order valence-electron chi connectivity index (χ4n) is 3.73. The van der Waals surface area contributed by atoms with Crippen LogP contribution in [0.5, 0.6) is 5.75 Å². The third kappa shape index (κ3) is 3.38. The van der Waals surface area contributed by atoms with E-state index < -0.39 is 10.9 Å². The fourth-order valence-corrected chi connectivity index (χ4v) is 3.73. The van der Waals surface area contributed by atoms with Crippen LogP contribution in [0.3, 0.4) is 0 Å². The van der Waals surface area contributed by atoms with Crippen LogP contribution in [0, 0.1) is 12.3 Å². The van der Waals surface area contributed by atoms with E-state index in [0.717, 1.165) is 5.76 Å². The number of benzene rings is 1. The summed E-state index contributed by atoms with van der Waals surface area (Å²) in [7, 11) is 0. The van der Waals surface area contributed by atoms with Gasteiger partial charge in [-0.3, -0.25) is 9.59 Å². The summed E-state index contributed by atoms with van der Waals surface area (Å²) in [5.41, 5.74) is -0.509. The molecule has 3 aromatic rings. The van der Waals surface area contributed by atoms with Gasteiger partial charge in [0.05, 0.1) is 24.9 Å². The van der Waals surface area contributed by atoms with E-state index in [1.165, 1.54) is 0 Å². The van der Waals surface area contributed by atoms with Crippen LogP contribution in [0.15, 0.2) is 44.3 Å². The van der Waals surface area contributed by atoms with E-state index in [1.807, 2.05) is 26.0 Å². The SMILES string of the molecule is Cc1ccc(C(Nc2c(Nc3cccc(CCO)c3O)c(=O)c2=O)C2(C)COC2)o1. The van der Waals surface area contributed by atoms with Crippen LogP contribution < -0.4 is 21.5 Å². The lowest BCUT2D eigenvalue weighted by Gasteiger charge is -2.44. The first-order valence-electron chi connectivity index (χ1n) is 9.77. The van der Waals surface area contributed by atoms with Gasteiger partial charge in [-0.15, -0.1) is 0 Å². The Hall–Kier alpha value is -3.10. The van der Waals surface area contributed by atoms with Gasteiger partial charge in [0.15, 0.2) is 0 Å². The van der Waals surface area contributed by atoms with E-state index in [2.05, 4.69) is 10.6 Å². The van der Waals surface area contributed by atoms with Crippen molar-refractivity contribution in [3.8, 4) is 5.75 Å². The molecule has 1 aromatic heterocycles. The third-order valence-electron chi connectivity index (χ3n) is 5.57. The lowest BCUT2D eigenvalue weighted by Crippen LogP contribution is -2.49. The molecule has 1 fully saturated rings. The van der Waals surface area contributed by atoms with E-state index in [-0.39, 0.29) is 41.6 Å². The van der Waals surface area contributed by atoms with Gasteiger partial charge in [-0.1, -0.05) is 19.1 Å². The Morgan fingerprint density at radius 1 is 1.13 bits per heavy atom. The predicted octanol–water partition coefficient (Wildman–Crippen LogP) is 2.36. The van der Waals surface area contributed by atoms with Crippen molar-refractivity contribution >= 4 is 17.1 Å². The van der Waals surface area contributed by atoms with E-state index in [9.17, 15) is 14.7 Å². The number of aryl methyl sites for hydroxylation is 1. The molecule has 1 aliphatic rings. The molecule has 1 unspecified atom stereocenters. The first-order valence-corrected chi connectivity index (χ1v) is 9.77. The number of nitrogens with one attached hydrogen (secondary N) is 2. The quantitative estimate of drug-likeness (QED) is 0.329. The van der Waals surface area contributed by atoms with Crippen molar-refractivity contribution in [1.29, 1.82) is 0 Å². The molecule has 1 saturated heterocycles. The standard InChI is InChI=1S/C22H24N2O6/c1-12-6-7-15(30-12)21(22(2)10-29-11-22)24-17-16(19(27)20(17)28)23-14-5-3-4-13(8-9-25)18(14)26/h3-7,21,23-26H,8-11H2,1-2H3. The number of aliphatic hydroxyl groups is 1. The average molecular weight is 412 g/mol. The van der Waals surface area contributed by atoms with Crippen LogP contribution >= 0.6 is 0 Å². The zero-order chi connectivity index (χ0) is 21.5. The molecule has 8 nitrogen and oxygen atoms in total. The number of ether oxygens (including phenoxy) is 1. The van der Waals surface area contributed by atoms with Crippen LogP contribution in [0.25, 0.3) is 0 Å². The third-order valence-corrected chi connectivity index (χ3v) is 5.57. The lowest BCUT2D eigenvalue weighted by atomic mass is 9.79. The Morgan fingerprint density at radius 2 is 1.87 bits per heavy atom. The smallest absolute Gasteiger partial charge is 0.253 e. The van der Waals surface area contributed by atoms with Crippen LogP contribution in [0.4, 0.5) is 17.1 Å². The predicted molar refractivity (Wildman–Crippen MR) is 112 cm³/mol. The van der Waals surface area contributed by atoms with Crippen molar-refractivity contribution in [1.82, 2.24) is 0 Å². The molecule has 1 atom stereocenters. The Bertz CT molecular complexity index is 1140. The van der Waals surface area contributed by atoms with Crippen LogP contribution in [-0.4, -0.2) is 30.0 Å². The number of aliphatic hydroxyl groups excluding tert-OH is 1. The molecule has 4 rings (SSSR count). The zero-order valence-electron chi connectivity index (χ0n) is 16.8. The second kappa shape index (κ2) is 7.62. The Morgan fingerprint density at radius 3 is 2.47 bits per heavy atom. The van der Waals surface area contributed by atoms with Gasteiger partial charge in [0.25, 0.3) is 10.9 Å². The molecular weight excluding hydrogens is 388 g/mol. The number of hydrogen-bond donors (Lipinski definition) is 4. The summed E-state index contributed by atoms with van der Waals surface area (Å²) in [4.78, 5) is 24.6. The molecule has 4 N–H and O–H groups in total. The van der Waals surface area contributed by atoms with Crippen molar-refractivity contribution in [2.24, 2.45) is 5.41 Å². The molecule has 0 aliphatic carbocycles. The van der Waals surface area contributed by atoms with Crippen LogP contribution in [0.2, 0.25) is 0 Å². The largest absolute Gasteiger partial charge is 0.505 e. The second-order valence-electron chi connectivity index (χ2n) is 7.99. The van der Waals surface area contributed by atoms with Gasteiger partial charge in [-0.25, -0.2) is 0 Å². The minimum Gasteiger partial charge on any atom is -0.505 e. The van der Waals surface area contributed by atoms with E-state index in [4.69, 9.17) is 14.3 Å². The highest BCUT2D eigenvalue weighted by Gasteiger charge is 2.45. The molecule has 0 saturated carbocycles. The highest BCUT2D eigenvalue weighted by molar-refractivity contribution is 5.81. The van der Waals surface area contributed by atoms with Gasteiger partial charge in [0.2, 0.25) is 0 Å². The number of phenols is 1. The maximum atomic E-state index is 12.4. The number of furan rings is 1. The molecule has 0 spiro atoms. The summed E-state index contributed by atoms with van der Waals surface area (Å²) in [5, 5.41) is 25.6. The molecule has 0 amide bonds. The molecule has 30 heavy (non-hydrogen) atoms. The highest BCUT2D eigenvalue weighted by Crippen LogP contribution is 2.43. The van der Waals surface area contributed by atoms with Crippen LogP contribution in [-0.2, 0) is 11.2 Å². The fraction of sp³-hybridized carbons (Fsp3) is 0.364. The van der Waals surface area contributed by atoms with Gasteiger partial charge in [0, 0.05) is 12.0 Å². The molecule has 1 aliphatic heterocycles. The molecule has 8 heteroatoms. The van der Waals surface area contributed by atoms with Crippen molar-refractivity contribution in [2.75, 3.05) is 30.5 Å². The van der Waals surface area contributed by atoms with Gasteiger partial charge < -0.3 is 30.0 Å². The van der Waals surface area contributed by atoms with Crippen molar-refractivity contribution in [3.05, 3.63) is 67.9 Å². The minimum absolute atomic E-state index is 0.0666. The van der Waals surface area contributed by atoms with Crippen molar-refractivity contribution < 1.29 is 19.4 Å². The van der Waals surface area contributed by atoms with Crippen molar-refractivity contribution in [2.45, 2.75) is 26.3 Å². The zero-order valence-corrected chi connectivity index (χ0v) is 16.8. The summed E-state index contributed by atoms with van der Waals surface area (Å²) in [6, 6.07) is 8.32. The Kier molecular flexibility index (Phi) is 5.13. The number of phenolic OH excluding ortho intramolecular Hbond substituents is 1. The van der Waals surface area contributed by atoms with Gasteiger partial charge in [-0.05, 0) is 37.1 Å². The maximum absolute atomic E-state index is 12.4. The summed E-state index contributed by atoms with van der Waals surface area (Å²) in [6.45, 7) is 4.73. The summed E-state index contributed by atoms with van der Waals surface area (Å²) >= 11 is 0. The van der Waals surface area contributed by atoms with E-state index >= 15 is 0 Å². The number of rotatable bonds is 8. The molecule has 158 valence electrons. The molecule has 0 radical (unpaired) electrons. The molecule has 2 aromatic carbocycles. The van der Waals surface area contributed by atoms with Crippen molar-refractivity contribution in [3.63, 3.8) is 0 Å². The van der Waals surface area contributed by atoms with Gasteiger partial charge in [-0.2, -0.15) is 0 Å². The van der Waals surface area contributed by atoms with Crippen LogP contribution in [0.1, 0.15) is 30.0 Å². The van der Waals surface area contributed by atoms with Gasteiger partial charge >= 0.3 is 0 Å². The average Bonchev–Trinajstić information content (AvgIpc) is 3.14. The maximum Gasteiger partial charge on any atom is 0.253 e. The molecule has 0 bridgehead atoms. The minimum atomic E-state index is -0.658. The number of anilines is 3. The number of para-hydroxylation sites is 1. The topological polar surface area (TPSA) is 121 Å². The molecule has 2 heterocycles. The highest BCUT2D eigenvalue weighted by atomic mass is 16.5. The number of aromatic hydroxyl groups is 1. The molecular formula is C22H24N2O6. The summed E-state index contributed by atoms with van der Waals surface area (Å²) in [5.74, 6) is 1.34. The second-order valence-corrected chi connectivity index (χ2v) is 7.99.